The molecule has 0 aromatic carbocycles. The standard InChI is InChI=1S/C8H16O2/c1-5-8(3,4)7(9)10-6-2/h5-6H2,1-4H3. The normalized spacial score (nSPS) is 11.2. The van der Waals surface area contributed by atoms with Crippen LogP contribution in [0, 0.1) is 5.41 Å². The van der Waals surface area contributed by atoms with Crippen molar-refractivity contribution in [2.24, 2.45) is 5.41 Å². The highest BCUT2D eigenvalue weighted by molar-refractivity contribution is 5.75. The minimum Gasteiger partial charge on any atom is -0.466 e. The lowest BCUT2D eigenvalue weighted by Gasteiger charge is -2.19. The molecule has 0 aliphatic carbocycles. The third-order valence-corrected chi connectivity index (χ3v) is 1.71. The van der Waals surface area contributed by atoms with Gasteiger partial charge in [-0.3, -0.25) is 4.79 Å². The molecule has 0 N–H and O–H groups in total. The SMILES string of the molecule is CCOC(=O)C(C)(C)CC. The van der Waals surface area contributed by atoms with Gasteiger partial charge in [-0.1, -0.05) is 6.92 Å². The Morgan fingerprint density at radius 1 is 1.40 bits per heavy atom. The van der Waals surface area contributed by atoms with Gasteiger partial charge in [-0.15, -0.1) is 0 Å². The lowest BCUT2D eigenvalue weighted by atomic mass is 9.91. The van der Waals surface area contributed by atoms with Crippen LogP contribution in [0.5, 0.6) is 0 Å². The maximum Gasteiger partial charge on any atom is 0.311 e. The van der Waals surface area contributed by atoms with Crippen LogP contribution >= 0.6 is 0 Å². The molecule has 0 heterocycles. The molecule has 0 saturated carbocycles. The van der Waals surface area contributed by atoms with Gasteiger partial charge in [0.1, 0.15) is 0 Å². The molecule has 0 aliphatic rings. The number of ether oxygens (including phenoxy) is 1. The number of carbonyl (C=O) groups is 1. The summed E-state index contributed by atoms with van der Waals surface area (Å²) >= 11 is 0. The molecule has 0 aromatic rings. The van der Waals surface area contributed by atoms with Crippen LogP contribution in [0.25, 0.3) is 0 Å². The Labute approximate surface area is 62.6 Å². The van der Waals surface area contributed by atoms with E-state index in [1.807, 2.05) is 27.7 Å². The molecule has 0 saturated heterocycles. The third-order valence-electron chi connectivity index (χ3n) is 1.71. The number of hydrogen-bond donors (Lipinski definition) is 0. The topological polar surface area (TPSA) is 26.3 Å². The first-order chi connectivity index (χ1) is 4.54. The number of rotatable bonds is 3. The van der Waals surface area contributed by atoms with Crippen LogP contribution in [0.15, 0.2) is 0 Å². The lowest BCUT2D eigenvalue weighted by Crippen LogP contribution is -2.25. The molecule has 0 aliphatic heterocycles. The molecule has 0 rings (SSSR count). The summed E-state index contributed by atoms with van der Waals surface area (Å²) in [6.45, 7) is 8.07. The van der Waals surface area contributed by atoms with Crippen molar-refractivity contribution >= 4 is 5.97 Å². The molecule has 0 amide bonds. The van der Waals surface area contributed by atoms with Crippen molar-refractivity contribution in [3.8, 4) is 0 Å². The molecule has 2 heteroatoms. The zero-order valence-corrected chi connectivity index (χ0v) is 7.23. The Hall–Kier alpha value is -0.530. The molecule has 0 atom stereocenters. The molecule has 0 bridgehead atoms. The monoisotopic (exact) mass is 144 g/mol. The van der Waals surface area contributed by atoms with E-state index in [-0.39, 0.29) is 11.4 Å². The first-order valence-electron chi connectivity index (χ1n) is 3.71. The van der Waals surface area contributed by atoms with E-state index in [1.54, 1.807) is 0 Å². The average molecular weight is 144 g/mol. The predicted molar refractivity (Wildman–Crippen MR) is 40.7 cm³/mol. The van der Waals surface area contributed by atoms with E-state index >= 15 is 0 Å². The zero-order chi connectivity index (χ0) is 8.20. The summed E-state index contributed by atoms with van der Waals surface area (Å²) in [6.07, 6.45) is 0.825. The maximum absolute atomic E-state index is 11.1. The lowest BCUT2D eigenvalue weighted by molar-refractivity contribution is -0.153. The van der Waals surface area contributed by atoms with Crippen molar-refractivity contribution in [3.63, 3.8) is 0 Å². The second-order valence-electron chi connectivity index (χ2n) is 2.96. The summed E-state index contributed by atoms with van der Waals surface area (Å²) in [5.41, 5.74) is -0.310. The van der Waals surface area contributed by atoms with Crippen LogP contribution < -0.4 is 0 Å². The number of carbonyl (C=O) groups excluding carboxylic acids is 1. The molecule has 0 fully saturated rings. The predicted octanol–water partition coefficient (Wildman–Crippen LogP) is 1.99. The van der Waals surface area contributed by atoms with Crippen LogP contribution in [0.2, 0.25) is 0 Å². The van der Waals surface area contributed by atoms with Gasteiger partial charge in [-0.2, -0.15) is 0 Å². The highest BCUT2D eigenvalue weighted by atomic mass is 16.5. The maximum atomic E-state index is 11.1. The third kappa shape index (κ3) is 2.38. The van der Waals surface area contributed by atoms with Crippen LogP contribution in [0.3, 0.4) is 0 Å². The van der Waals surface area contributed by atoms with E-state index in [1.165, 1.54) is 0 Å². The minimum atomic E-state index is -0.310. The summed E-state index contributed by atoms with van der Waals surface area (Å²) < 4.78 is 4.86. The molecule has 0 spiro atoms. The molecule has 2 nitrogen and oxygen atoms in total. The van der Waals surface area contributed by atoms with Crippen LogP contribution in [-0.4, -0.2) is 12.6 Å². The second-order valence-corrected chi connectivity index (χ2v) is 2.96. The summed E-state index contributed by atoms with van der Waals surface area (Å²) in [6, 6.07) is 0. The van der Waals surface area contributed by atoms with E-state index in [9.17, 15) is 4.79 Å². The van der Waals surface area contributed by atoms with E-state index in [2.05, 4.69) is 0 Å². The van der Waals surface area contributed by atoms with Gasteiger partial charge in [0, 0.05) is 0 Å². The Morgan fingerprint density at radius 2 is 1.90 bits per heavy atom. The molecular weight excluding hydrogens is 128 g/mol. The highest BCUT2D eigenvalue weighted by Crippen LogP contribution is 2.20. The van der Waals surface area contributed by atoms with Crippen LogP contribution in [-0.2, 0) is 9.53 Å². The largest absolute Gasteiger partial charge is 0.466 e. The van der Waals surface area contributed by atoms with Gasteiger partial charge in [0.2, 0.25) is 0 Å². The van der Waals surface area contributed by atoms with Crippen molar-refractivity contribution in [2.75, 3.05) is 6.61 Å². The van der Waals surface area contributed by atoms with Crippen molar-refractivity contribution in [2.45, 2.75) is 34.1 Å². The first-order valence-corrected chi connectivity index (χ1v) is 3.71. The molecule has 10 heavy (non-hydrogen) atoms. The van der Waals surface area contributed by atoms with Gasteiger partial charge >= 0.3 is 5.97 Å². The van der Waals surface area contributed by atoms with Gasteiger partial charge in [-0.25, -0.2) is 0 Å². The zero-order valence-electron chi connectivity index (χ0n) is 7.23. The molecule has 0 unspecified atom stereocenters. The quantitative estimate of drug-likeness (QED) is 0.566. The van der Waals surface area contributed by atoms with Crippen molar-refractivity contribution in [3.05, 3.63) is 0 Å². The Kier molecular flexibility index (Phi) is 3.40. The van der Waals surface area contributed by atoms with E-state index in [0.717, 1.165) is 6.42 Å². The van der Waals surface area contributed by atoms with Gasteiger partial charge in [0.05, 0.1) is 12.0 Å². The minimum absolute atomic E-state index is 0.0995. The molecule has 60 valence electrons. The van der Waals surface area contributed by atoms with Gasteiger partial charge < -0.3 is 4.74 Å². The number of hydrogen-bond acceptors (Lipinski definition) is 2. The fraction of sp³-hybridized carbons (Fsp3) is 0.875. The second kappa shape index (κ2) is 3.59. The van der Waals surface area contributed by atoms with Gasteiger partial charge in [0.15, 0.2) is 0 Å². The molecular formula is C8H16O2. The van der Waals surface area contributed by atoms with E-state index < -0.39 is 0 Å². The van der Waals surface area contributed by atoms with E-state index in [0.29, 0.717) is 6.61 Å². The van der Waals surface area contributed by atoms with Crippen molar-refractivity contribution < 1.29 is 9.53 Å². The Bertz CT molecular complexity index is 116. The van der Waals surface area contributed by atoms with Crippen molar-refractivity contribution in [1.82, 2.24) is 0 Å². The van der Waals surface area contributed by atoms with Crippen molar-refractivity contribution in [1.29, 1.82) is 0 Å². The highest BCUT2D eigenvalue weighted by Gasteiger charge is 2.26. The smallest absolute Gasteiger partial charge is 0.311 e. The van der Waals surface area contributed by atoms with Gasteiger partial charge in [0.25, 0.3) is 0 Å². The van der Waals surface area contributed by atoms with Crippen LogP contribution in [0.1, 0.15) is 34.1 Å². The molecule has 0 aromatic heterocycles. The fourth-order valence-electron chi connectivity index (χ4n) is 0.471. The van der Waals surface area contributed by atoms with Crippen LogP contribution in [0.4, 0.5) is 0 Å². The summed E-state index contributed by atoms with van der Waals surface area (Å²) in [4.78, 5) is 11.1. The average Bonchev–Trinajstić information content (AvgIpc) is 1.89. The summed E-state index contributed by atoms with van der Waals surface area (Å²) in [5.74, 6) is -0.0995. The first kappa shape index (κ1) is 9.47. The Balaban J connectivity index is 3.91. The Morgan fingerprint density at radius 3 is 2.20 bits per heavy atom. The fourth-order valence-corrected chi connectivity index (χ4v) is 0.471. The summed E-state index contributed by atoms with van der Waals surface area (Å²) in [5, 5.41) is 0. The molecule has 0 radical (unpaired) electrons. The van der Waals surface area contributed by atoms with E-state index in [4.69, 9.17) is 4.74 Å². The summed E-state index contributed by atoms with van der Waals surface area (Å²) in [7, 11) is 0. The number of esters is 1. The van der Waals surface area contributed by atoms with Gasteiger partial charge in [-0.05, 0) is 27.2 Å².